The van der Waals surface area contributed by atoms with E-state index in [1.807, 2.05) is 19.1 Å². The largest absolute Gasteiger partial charge is 0.506 e. The first-order chi connectivity index (χ1) is 12.5. The average molecular weight is 356 g/mol. The van der Waals surface area contributed by atoms with Crippen LogP contribution in [0.5, 0.6) is 17.2 Å². The molecule has 1 aliphatic heterocycles. The first-order valence-electron chi connectivity index (χ1n) is 8.08. The van der Waals surface area contributed by atoms with Crippen LogP contribution >= 0.6 is 0 Å². The number of para-hydroxylation sites is 1. The molecule has 0 spiro atoms. The summed E-state index contributed by atoms with van der Waals surface area (Å²) in [6.45, 7) is 1.87. The lowest BCUT2D eigenvalue weighted by atomic mass is 10.0. The van der Waals surface area contributed by atoms with Crippen LogP contribution in [0.1, 0.15) is 17.5 Å². The molecule has 2 aromatic carbocycles. The number of hydrogen-bond acceptors (Lipinski definition) is 6. The van der Waals surface area contributed by atoms with Crippen LogP contribution in [0.2, 0.25) is 0 Å². The number of carbonyl (C=O) groups excluding carboxylic acids is 1. The number of hydrogen-bond donors (Lipinski definition) is 2. The van der Waals surface area contributed by atoms with E-state index >= 15 is 0 Å². The fourth-order valence-electron chi connectivity index (χ4n) is 2.75. The van der Waals surface area contributed by atoms with Crippen molar-refractivity contribution in [2.75, 3.05) is 19.5 Å². The van der Waals surface area contributed by atoms with E-state index in [2.05, 4.69) is 10.5 Å². The quantitative estimate of drug-likeness (QED) is 0.804. The lowest BCUT2D eigenvalue weighted by molar-refractivity contribution is -0.125. The maximum absolute atomic E-state index is 12.5. The molecular formula is C19H20N2O5. The molecule has 0 radical (unpaired) electrons. The van der Waals surface area contributed by atoms with Crippen LogP contribution in [0, 0.1) is 6.92 Å². The predicted octanol–water partition coefficient (Wildman–Crippen LogP) is 2.85. The summed E-state index contributed by atoms with van der Waals surface area (Å²) < 4.78 is 10.7. The molecule has 0 unspecified atom stereocenters. The fraction of sp³-hybridized carbons (Fsp3) is 0.263. The Bertz CT molecular complexity index is 863. The molecule has 1 heterocycles. The molecule has 26 heavy (non-hydrogen) atoms. The van der Waals surface area contributed by atoms with Crippen LogP contribution in [0.25, 0.3) is 0 Å². The van der Waals surface area contributed by atoms with Gasteiger partial charge in [0, 0.05) is 12.0 Å². The van der Waals surface area contributed by atoms with Gasteiger partial charge in [0.2, 0.25) is 6.10 Å². The molecule has 0 aliphatic carbocycles. The number of benzene rings is 2. The molecule has 1 atom stereocenters. The number of aryl methyl sites for hydroxylation is 1. The van der Waals surface area contributed by atoms with Crippen molar-refractivity contribution in [3.05, 3.63) is 47.5 Å². The molecule has 7 nitrogen and oxygen atoms in total. The molecule has 1 aliphatic rings. The molecular weight excluding hydrogens is 336 g/mol. The Morgan fingerprint density at radius 3 is 2.81 bits per heavy atom. The van der Waals surface area contributed by atoms with Crippen molar-refractivity contribution in [2.24, 2.45) is 5.16 Å². The van der Waals surface area contributed by atoms with E-state index in [4.69, 9.17) is 14.3 Å². The number of phenolic OH excluding ortho intramolecular Hbond substituents is 1. The first kappa shape index (κ1) is 17.6. The number of amides is 1. The van der Waals surface area contributed by atoms with Gasteiger partial charge in [-0.05, 0) is 36.8 Å². The fourth-order valence-corrected chi connectivity index (χ4v) is 2.75. The second-order valence-electron chi connectivity index (χ2n) is 5.89. The molecule has 0 fully saturated rings. The summed E-state index contributed by atoms with van der Waals surface area (Å²) in [5, 5.41) is 16.6. The molecule has 7 heteroatoms. The zero-order valence-corrected chi connectivity index (χ0v) is 14.8. The summed E-state index contributed by atoms with van der Waals surface area (Å²) >= 11 is 0. The number of nitrogens with one attached hydrogen (secondary N) is 1. The van der Waals surface area contributed by atoms with Gasteiger partial charge in [-0.2, -0.15) is 0 Å². The Balaban J connectivity index is 1.74. The van der Waals surface area contributed by atoms with Crippen LogP contribution < -0.4 is 14.8 Å². The minimum Gasteiger partial charge on any atom is -0.506 e. The van der Waals surface area contributed by atoms with Gasteiger partial charge in [-0.3, -0.25) is 4.79 Å². The molecule has 0 aromatic heterocycles. The van der Waals surface area contributed by atoms with E-state index in [0.717, 1.165) is 5.56 Å². The molecule has 0 saturated carbocycles. The number of oxime groups is 1. The number of rotatable bonds is 5. The molecule has 0 bridgehead atoms. The maximum Gasteiger partial charge on any atom is 0.268 e. The highest BCUT2D eigenvalue weighted by molar-refractivity contribution is 6.08. The highest BCUT2D eigenvalue weighted by Gasteiger charge is 2.31. The van der Waals surface area contributed by atoms with Crippen LogP contribution in [0.4, 0.5) is 5.69 Å². The maximum atomic E-state index is 12.5. The van der Waals surface area contributed by atoms with Crippen molar-refractivity contribution in [1.29, 1.82) is 0 Å². The Hall–Kier alpha value is -3.22. The summed E-state index contributed by atoms with van der Waals surface area (Å²) in [7, 11) is 3.10. The molecule has 3 rings (SSSR count). The molecule has 136 valence electrons. The molecule has 2 N–H and O–H groups in total. The van der Waals surface area contributed by atoms with Crippen LogP contribution in [-0.4, -0.2) is 37.0 Å². The van der Waals surface area contributed by atoms with Crippen molar-refractivity contribution in [3.8, 4) is 17.2 Å². The number of anilines is 1. The summed E-state index contributed by atoms with van der Waals surface area (Å²) in [6.07, 6.45) is -0.511. The van der Waals surface area contributed by atoms with Gasteiger partial charge in [0.05, 0.1) is 25.6 Å². The van der Waals surface area contributed by atoms with Crippen molar-refractivity contribution in [2.45, 2.75) is 19.4 Å². The molecule has 2 aromatic rings. The van der Waals surface area contributed by atoms with Crippen molar-refractivity contribution in [1.82, 2.24) is 0 Å². The summed E-state index contributed by atoms with van der Waals surface area (Å²) in [5.74, 6) is 0.726. The van der Waals surface area contributed by atoms with E-state index in [1.54, 1.807) is 32.4 Å². The first-order valence-corrected chi connectivity index (χ1v) is 8.08. The minimum atomic E-state index is -0.791. The van der Waals surface area contributed by atoms with Crippen molar-refractivity contribution in [3.63, 3.8) is 0 Å². The Morgan fingerprint density at radius 1 is 1.27 bits per heavy atom. The minimum absolute atomic E-state index is 0.00227. The van der Waals surface area contributed by atoms with Crippen molar-refractivity contribution < 1.29 is 24.2 Å². The van der Waals surface area contributed by atoms with Crippen LogP contribution in [0.15, 0.2) is 41.6 Å². The zero-order valence-electron chi connectivity index (χ0n) is 14.8. The topological polar surface area (TPSA) is 89.4 Å². The van der Waals surface area contributed by atoms with Gasteiger partial charge >= 0.3 is 0 Å². The number of methoxy groups -OCH3 is 2. The van der Waals surface area contributed by atoms with Gasteiger partial charge in [-0.15, -0.1) is 0 Å². The second-order valence-corrected chi connectivity index (χ2v) is 5.89. The van der Waals surface area contributed by atoms with E-state index in [0.29, 0.717) is 28.5 Å². The third kappa shape index (κ3) is 3.42. The standard InChI is InChI=1S/C19H20N2O5/c1-11-7-8-15(22)14(9-11)20-19(23)17-10-13(21-26-17)12-5-4-6-16(24-2)18(12)25-3/h4-9,17,22H,10H2,1-3H3,(H,20,23)/t17-/m0/s1. The van der Waals surface area contributed by atoms with Gasteiger partial charge in [0.1, 0.15) is 5.75 Å². The number of aromatic hydroxyl groups is 1. The highest BCUT2D eigenvalue weighted by atomic mass is 16.6. The Kier molecular flexibility index (Phi) is 4.97. The third-order valence-electron chi connectivity index (χ3n) is 4.09. The van der Waals surface area contributed by atoms with E-state index in [-0.39, 0.29) is 18.1 Å². The highest BCUT2D eigenvalue weighted by Crippen LogP contribution is 2.33. The second kappa shape index (κ2) is 7.35. The van der Waals surface area contributed by atoms with Gasteiger partial charge in [0.15, 0.2) is 11.5 Å². The van der Waals surface area contributed by atoms with Gasteiger partial charge in [-0.25, -0.2) is 0 Å². The summed E-state index contributed by atoms with van der Waals surface area (Å²) in [4.78, 5) is 17.8. The predicted molar refractivity (Wildman–Crippen MR) is 97.0 cm³/mol. The van der Waals surface area contributed by atoms with E-state index in [1.165, 1.54) is 6.07 Å². The number of ether oxygens (including phenoxy) is 2. The Labute approximate surface area is 151 Å². The lowest BCUT2D eigenvalue weighted by Crippen LogP contribution is -2.28. The van der Waals surface area contributed by atoms with Gasteiger partial charge in [-0.1, -0.05) is 17.3 Å². The van der Waals surface area contributed by atoms with Gasteiger partial charge in [0.25, 0.3) is 5.91 Å². The summed E-state index contributed by atoms with van der Waals surface area (Å²) in [5.41, 5.74) is 2.56. The van der Waals surface area contributed by atoms with Gasteiger partial charge < -0.3 is 24.7 Å². The Morgan fingerprint density at radius 2 is 2.08 bits per heavy atom. The number of carbonyl (C=O) groups is 1. The van der Waals surface area contributed by atoms with Crippen molar-refractivity contribution >= 4 is 17.3 Å². The molecule has 0 saturated heterocycles. The van der Waals surface area contributed by atoms with Crippen LogP contribution in [0.3, 0.4) is 0 Å². The molecule has 1 amide bonds. The van der Waals surface area contributed by atoms with E-state index < -0.39 is 6.10 Å². The zero-order chi connectivity index (χ0) is 18.7. The lowest BCUT2D eigenvalue weighted by Gasteiger charge is -2.12. The number of nitrogens with zero attached hydrogens (tertiary/aromatic N) is 1. The number of phenols is 1. The average Bonchev–Trinajstić information content (AvgIpc) is 3.14. The SMILES string of the molecule is COc1cccc(C2=NO[C@H](C(=O)Nc3cc(C)ccc3O)C2)c1OC. The monoisotopic (exact) mass is 356 g/mol. The normalized spacial score (nSPS) is 15.8. The summed E-state index contributed by atoms with van der Waals surface area (Å²) in [6, 6.07) is 10.4. The van der Waals surface area contributed by atoms with Crippen LogP contribution in [-0.2, 0) is 9.63 Å². The van der Waals surface area contributed by atoms with E-state index in [9.17, 15) is 9.90 Å². The smallest absolute Gasteiger partial charge is 0.268 e. The third-order valence-corrected chi connectivity index (χ3v) is 4.09.